The highest BCUT2D eigenvalue weighted by Gasteiger charge is 2.12. The SMILES string of the molecule is OCCN(CCO)CCn1cnc2c(SCc3ccccc3Cl)ncnc21. The second-order valence-electron chi connectivity index (χ2n) is 5.96. The summed E-state index contributed by atoms with van der Waals surface area (Å²) in [6.07, 6.45) is 3.31. The van der Waals surface area contributed by atoms with Crippen LogP contribution in [0.25, 0.3) is 11.2 Å². The van der Waals surface area contributed by atoms with Crippen LogP contribution >= 0.6 is 23.4 Å². The predicted molar refractivity (Wildman–Crippen MR) is 107 cm³/mol. The largest absolute Gasteiger partial charge is 0.395 e. The van der Waals surface area contributed by atoms with Crippen LogP contribution in [0.15, 0.2) is 41.9 Å². The van der Waals surface area contributed by atoms with Gasteiger partial charge in [0.25, 0.3) is 0 Å². The molecule has 2 N–H and O–H groups in total. The first-order chi connectivity index (χ1) is 13.2. The monoisotopic (exact) mass is 407 g/mol. The van der Waals surface area contributed by atoms with Crippen LogP contribution in [-0.2, 0) is 12.3 Å². The van der Waals surface area contributed by atoms with Crippen molar-refractivity contribution in [3.05, 3.63) is 47.5 Å². The van der Waals surface area contributed by atoms with Crippen molar-refractivity contribution in [2.75, 3.05) is 32.8 Å². The van der Waals surface area contributed by atoms with Crippen LogP contribution in [0, 0.1) is 0 Å². The second kappa shape index (κ2) is 10.0. The summed E-state index contributed by atoms with van der Waals surface area (Å²) in [4.78, 5) is 15.2. The van der Waals surface area contributed by atoms with E-state index in [-0.39, 0.29) is 13.2 Å². The number of fused-ring (bicyclic) bond motifs is 1. The van der Waals surface area contributed by atoms with Crippen LogP contribution in [0.3, 0.4) is 0 Å². The summed E-state index contributed by atoms with van der Waals surface area (Å²) < 4.78 is 1.97. The Morgan fingerprint density at radius 3 is 2.56 bits per heavy atom. The molecule has 0 saturated heterocycles. The van der Waals surface area contributed by atoms with Crippen LogP contribution in [0.2, 0.25) is 5.02 Å². The molecule has 0 saturated carbocycles. The minimum Gasteiger partial charge on any atom is -0.395 e. The van der Waals surface area contributed by atoms with Gasteiger partial charge in [-0.05, 0) is 11.6 Å². The van der Waals surface area contributed by atoms with Crippen molar-refractivity contribution in [1.29, 1.82) is 0 Å². The van der Waals surface area contributed by atoms with E-state index in [0.717, 1.165) is 26.8 Å². The minimum atomic E-state index is 0.0652. The minimum absolute atomic E-state index is 0.0652. The van der Waals surface area contributed by atoms with Gasteiger partial charge < -0.3 is 14.8 Å². The molecular weight excluding hydrogens is 386 g/mol. The molecule has 0 aliphatic rings. The fourth-order valence-corrected chi connectivity index (χ4v) is 3.99. The average Bonchev–Trinajstić information content (AvgIpc) is 3.10. The number of rotatable bonds is 10. The van der Waals surface area contributed by atoms with Crippen molar-refractivity contribution in [2.24, 2.45) is 0 Å². The maximum absolute atomic E-state index is 9.13. The van der Waals surface area contributed by atoms with E-state index in [9.17, 15) is 0 Å². The van der Waals surface area contributed by atoms with E-state index in [1.807, 2.05) is 33.7 Å². The topological polar surface area (TPSA) is 87.3 Å². The van der Waals surface area contributed by atoms with Crippen LogP contribution in [-0.4, -0.2) is 67.5 Å². The number of nitrogens with zero attached hydrogens (tertiary/aromatic N) is 5. The van der Waals surface area contributed by atoms with Gasteiger partial charge in [0, 0.05) is 37.0 Å². The number of aliphatic hydroxyl groups is 2. The van der Waals surface area contributed by atoms with Gasteiger partial charge in [0.05, 0.1) is 19.5 Å². The highest BCUT2D eigenvalue weighted by molar-refractivity contribution is 7.98. The number of hydrogen-bond donors (Lipinski definition) is 2. The maximum atomic E-state index is 9.13. The summed E-state index contributed by atoms with van der Waals surface area (Å²) in [7, 11) is 0. The molecule has 0 aliphatic carbocycles. The molecule has 0 fully saturated rings. The number of thioether (sulfide) groups is 1. The molecule has 0 atom stereocenters. The Balaban J connectivity index is 1.71. The lowest BCUT2D eigenvalue weighted by Crippen LogP contribution is -2.32. The van der Waals surface area contributed by atoms with Crippen LogP contribution in [0.1, 0.15) is 5.56 Å². The van der Waals surface area contributed by atoms with E-state index < -0.39 is 0 Å². The van der Waals surface area contributed by atoms with Gasteiger partial charge in [0.15, 0.2) is 5.65 Å². The number of halogens is 1. The van der Waals surface area contributed by atoms with Crippen LogP contribution in [0.5, 0.6) is 0 Å². The average molecular weight is 408 g/mol. The number of aromatic nitrogens is 4. The van der Waals surface area contributed by atoms with Crippen molar-refractivity contribution in [1.82, 2.24) is 24.4 Å². The van der Waals surface area contributed by atoms with Gasteiger partial charge in [-0.1, -0.05) is 41.6 Å². The third kappa shape index (κ3) is 5.18. The zero-order valence-electron chi connectivity index (χ0n) is 14.8. The third-order valence-electron chi connectivity index (χ3n) is 4.18. The zero-order valence-corrected chi connectivity index (χ0v) is 16.4. The van der Waals surface area contributed by atoms with E-state index in [4.69, 9.17) is 21.8 Å². The lowest BCUT2D eigenvalue weighted by Gasteiger charge is -2.20. The maximum Gasteiger partial charge on any atom is 0.164 e. The van der Waals surface area contributed by atoms with E-state index in [0.29, 0.717) is 31.9 Å². The van der Waals surface area contributed by atoms with E-state index in [1.165, 1.54) is 0 Å². The van der Waals surface area contributed by atoms with Gasteiger partial charge in [-0.15, -0.1) is 0 Å². The lowest BCUT2D eigenvalue weighted by atomic mass is 10.2. The van der Waals surface area contributed by atoms with E-state index in [1.54, 1.807) is 24.4 Å². The summed E-state index contributed by atoms with van der Waals surface area (Å²) in [5, 5.41) is 19.8. The Labute approximate surface area is 167 Å². The first-order valence-electron chi connectivity index (χ1n) is 8.69. The number of aliphatic hydroxyl groups excluding tert-OH is 2. The fourth-order valence-electron chi connectivity index (χ4n) is 2.76. The quantitative estimate of drug-likeness (QED) is 0.393. The standard InChI is InChI=1S/C18H22ClN5O2S/c19-15-4-2-1-3-14(15)11-27-18-16-17(20-12-21-18)24(13-22-16)6-5-23(7-9-25)8-10-26/h1-4,12-13,25-26H,5-11H2. The first kappa shape index (κ1) is 20.0. The van der Waals surface area contributed by atoms with Gasteiger partial charge in [0.1, 0.15) is 16.9 Å². The Hall–Kier alpha value is -1.71. The summed E-state index contributed by atoms with van der Waals surface area (Å²) in [5.74, 6) is 0.708. The number of benzene rings is 1. The highest BCUT2D eigenvalue weighted by atomic mass is 35.5. The summed E-state index contributed by atoms with van der Waals surface area (Å²) in [6.45, 7) is 2.55. The molecule has 2 heterocycles. The molecule has 7 nitrogen and oxygen atoms in total. The van der Waals surface area contributed by atoms with E-state index in [2.05, 4.69) is 15.0 Å². The Bertz CT molecular complexity index is 870. The van der Waals surface area contributed by atoms with Gasteiger partial charge in [-0.25, -0.2) is 15.0 Å². The summed E-state index contributed by atoms with van der Waals surface area (Å²) in [5.41, 5.74) is 2.60. The fraction of sp³-hybridized carbons (Fsp3) is 0.389. The Morgan fingerprint density at radius 2 is 1.81 bits per heavy atom. The molecule has 0 unspecified atom stereocenters. The molecule has 0 radical (unpaired) electrons. The molecule has 0 aliphatic heterocycles. The van der Waals surface area contributed by atoms with Crippen LogP contribution in [0.4, 0.5) is 0 Å². The smallest absolute Gasteiger partial charge is 0.164 e. The summed E-state index contributed by atoms with van der Waals surface area (Å²) >= 11 is 7.81. The second-order valence-corrected chi connectivity index (χ2v) is 7.33. The molecule has 144 valence electrons. The molecule has 0 bridgehead atoms. The van der Waals surface area contributed by atoms with Crippen LogP contribution < -0.4 is 0 Å². The molecule has 27 heavy (non-hydrogen) atoms. The molecule has 9 heteroatoms. The van der Waals surface area contributed by atoms with Gasteiger partial charge in [0.2, 0.25) is 0 Å². The molecule has 1 aromatic carbocycles. The van der Waals surface area contributed by atoms with Crippen molar-refractivity contribution in [3.63, 3.8) is 0 Å². The van der Waals surface area contributed by atoms with Crippen molar-refractivity contribution < 1.29 is 10.2 Å². The lowest BCUT2D eigenvalue weighted by molar-refractivity contribution is 0.157. The number of hydrogen-bond acceptors (Lipinski definition) is 7. The molecule has 3 aromatic rings. The third-order valence-corrected chi connectivity index (χ3v) is 5.58. The molecule has 3 rings (SSSR count). The zero-order chi connectivity index (χ0) is 19.1. The molecule has 0 amide bonds. The number of imidazole rings is 1. The Kier molecular flexibility index (Phi) is 7.42. The normalized spacial score (nSPS) is 11.6. The van der Waals surface area contributed by atoms with Crippen molar-refractivity contribution in [2.45, 2.75) is 17.3 Å². The summed E-state index contributed by atoms with van der Waals surface area (Å²) in [6, 6.07) is 7.77. The van der Waals surface area contributed by atoms with Crippen molar-refractivity contribution >= 4 is 34.5 Å². The highest BCUT2D eigenvalue weighted by Crippen LogP contribution is 2.28. The van der Waals surface area contributed by atoms with Crippen molar-refractivity contribution in [3.8, 4) is 0 Å². The first-order valence-corrected chi connectivity index (χ1v) is 10.1. The Morgan fingerprint density at radius 1 is 1.04 bits per heavy atom. The van der Waals surface area contributed by atoms with Gasteiger partial charge in [-0.2, -0.15) is 0 Å². The van der Waals surface area contributed by atoms with Gasteiger partial charge in [-0.3, -0.25) is 4.90 Å². The molecule has 2 aromatic heterocycles. The van der Waals surface area contributed by atoms with E-state index >= 15 is 0 Å². The van der Waals surface area contributed by atoms with Gasteiger partial charge >= 0.3 is 0 Å². The predicted octanol–water partition coefficient (Wildman–Crippen LogP) is 2.06. The molecule has 0 spiro atoms. The molecular formula is C18H22ClN5O2S.